The fraction of sp³-hybridized carbons (Fsp3) is 0.562. The smallest absolute Gasteiger partial charge is 0.255 e. The van der Waals surface area contributed by atoms with Crippen LogP contribution in [0.25, 0.3) is 0 Å². The second-order valence-corrected chi connectivity index (χ2v) is 6.03. The van der Waals surface area contributed by atoms with Crippen LogP contribution in [0.5, 0.6) is 11.5 Å². The van der Waals surface area contributed by atoms with Crippen LogP contribution in [0.15, 0.2) is 18.2 Å². The molecule has 4 nitrogen and oxygen atoms in total. The lowest BCUT2D eigenvalue weighted by atomic mass is 9.98. The lowest BCUT2D eigenvalue weighted by Crippen LogP contribution is -2.31. The van der Waals surface area contributed by atoms with E-state index < -0.39 is 0 Å². The van der Waals surface area contributed by atoms with Gasteiger partial charge in [0, 0.05) is 17.9 Å². The summed E-state index contributed by atoms with van der Waals surface area (Å²) in [5, 5.41) is 4.05. The van der Waals surface area contributed by atoms with Gasteiger partial charge in [0.25, 0.3) is 5.91 Å². The topological polar surface area (TPSA) is 47.6 Å². The maximum atomic E-state index is 12.3. The Labute approximate surface area is 134 Å². The summed E-state index contributed by atoms with van der Waals surface area (Å²) >= 11 is 3.56. The maximum Gasteiger partial charge on any atom is 0.255 e. The highest BCUT2D eigenvalue weighted by Gasteiger charge is 2.26. The number of benzene rings is 1. The lowest BCUT2D eigenvalue weighted by Gasteiger charge is -2.18. The molecule has 1 aliphatic rings. The molecule has 1 aliphatic carbocycles. The summed E-state index contributed by atoms with van der Waals surface area (Å²) in [6, 6.07) is 5.24. The van der Waals surface area contributed by atoms with Crippen LogP contribution in [0.4, 0.5) is 0 Å². The lowest BCUT2D eigenvalue weighted by molar-refractivity contribution is 0.0941. The number of rotatable bonds is 6. The van der Waals surface area contributed by atoms with E-state index in [9.17, 15) is 4.79 Å². The molecule has 21 heavy (non-hydrogen) atoms. The largest absolute Gasteiger partial charge is 0.497 e. The Balaban J connectivity index is 2.00. The second kappa shape index (κ2) is 7.69. The van der Waals surface area contributed by atoms with Crippen LogP contribution >= 0.6 is 15.9 Å². The Morgan fingerprint density at radius 2 is 2.05 bits per heavy atom. The second-order valence-electron chi connectivity index (χ2n) is 5.38. The quantitative estimate of drug-likeness (QED) is 0.796. The third kappa shape index (κ3) is 3.90. The number of carbonyl (C=O) groups is 1. The Hall–Kier alpha value is -1.23. The van der Waals surface area contributed by atoms with Gasteiger partial charge in [-0.05, 0) is 36.8 Å². The van der Waals surface area contributed by atoms with Crippen LogP contribution in [0.3, 0.4) is 0 Å². The van der Waals surface area contributed by atoms with Crippen LogP contribution in [-0.4, -0.2) is 32.0 Å². The summed E-state index contributed by atoms with van der Waals surface area (Å²) in [7, 11) is 3.15. The molecule has 0 saturated heterocycles. The van der Waals surface area contributed by atoms with E-state index in [0.29, 0.717) is 28.9 Å². The summed E-state index contributed by atoms with van der Waals surface area (Å²) in [5.41, 5.74) is 0.548. The molecule has 2 rings (SSSR count). The first-order valence-corrected chi connectivity index (χ1v) is 8.38. The minimum absolute atomic E-state index is 0.0882. The monoisotopic (exact) mass is 355 g/mol. The van der Waals surface area contributed by atoms with E-state index in [1.807, 2.05) is 0 Å². The van der Waals surface area contributed by atoms with Crippen molar-refractivity contribution in [3.05, 3.63) is 23.8 Å². The number of carbonyl (C=O) groups excluding carboxylic acids is 1. The Kier molecular flexibility index (Phi) is 5.91. The fourth-order valence-corrected chi connectivity index (χ4v) is 3.74. The highest BCUT2D eigenvalue weighted by Crippen LogP contribution is 2.32. The van der Waals surface area contributed by atoms with Gasteiger partial charge in [0.1, 0.15) is 11.5 Å². The van der Waals surface area contributed by atoms with Gasteiger partial charge in [-0.2, -0.15) is 0 Å². The van der Waals surface area contributed by atoms with Crippen molar-refractivity contribution in [2.24, 2.45) is 11.8 Å². The van der Waals surface area contributed by atoms with E-state index in [-0.39, 0.29) is 5.91 Å². The third-order valence-electron chi connectivity index (χ3n) is 4.19. The molecule has 0 spiro atoms. The highest BCUT2D eigenvalue weighted by atomic mass is 79.9. The first kappa shape index (κ1) is 16.1. The molecular weight excluding hydrogens is 334 g/mol. The molecule has 1 saturated carbocycles. The van der Waals surface area contributed by atoms with Crippen LogP contribution in [0.1, 0.15) is 29.6 Å². The van der Waals surface area contributed by atoms with Crippen LogP contribution in [-0.2, 0) is 0 Å². The molecule has 5 heteroatoms. The van der Waals surface area contributed by atoms with Crippen molar-refractivity contribution in [1.29, 1.82) is 0 Å². The predicted molar refractivity (Wildman–Crippen MR) is 86.5 cm³/mol. The molecule has 0 aromatic heterocycles. The summed E-state index contributed by atoms with van der Waals surface area (Å²) in [5.74, 6) is 2.37. The first-order valence-electron chi connectivity index (χ1n) is 7.25. The van der Waals surface area contributed by atoms with Crippen molar-refractivity contribution in [3.8, 4) is 11.5 Å². The summed E-state index contributed by atoms with van der Waals surface area (Å²) < 4.78 is 10.4. The molecule has 2 unspecified atom stereocenters. The minimum atomic E-state index is -0.0882. The Morgan fingerprint density at radius 3 is 2.71 bits per heavy atom. The number of hydrogen-bond donors (Lipinski definition) is 1. The number of nitrogens with one attached hydrogen (secondary N) is 1. The van der Waals surface area contributed by atoms with Gasteiger partial charge in [0.15, 0.2) is 0 Å². The van der Waals surface area contributed by atoms with E-state index in [0.717, 1.165) is 11.9 Å². The van der Waals surface area contributed by atoms with Gasteiger partial charge < -0.3 is 14.8 Å². The number of alkyl halides is 1. The molecule has 1 amide bonds. The predicted octanol–water partition coefficient (Wildman–Crippen LogP) is 3.24. The van der Waals surface area contributed by atoms with Crippen molar-refractivity contribution in [3.63, 3.8) is 0 Å². The molecule has 116 valence electrons. The van der Waals surface area contributed by atoms with Crippen LogP contribution in [0, 0.1) is 11.8 Å². The molecule has 0 aliphatic heterocycles. The first-order chi connectivity index (χ1) is 10.2. The van der Waals surface area contributed by atoms with Gasteiger partial charge in [-0.15, -0.1) is 0 Å². The zero-order chi connectivity index (χ0) is 15.2. The molecule has 1 aromatic rings. The molecule has 1 aromatic carbocycles. The van der Waals surface area contributed by atoms with Crippen molar-refractivity contribution in [1.82, 2.24) is 5.32 Å². The number of ether oxygens (including phenoxy) is 2. The van der Waals surface area contributed by atoms with E-state index in [1.165, 1.54) is 19.3 Å². The Bertz CT molecular complexity index is 492. The normalized spacial score (nSPS) is 21.1. The van der Waals surface area contributed by atoms with Gasteiger partial charge in [-0.1, -0.05) is 22.4 Å². The molecular formula is C16H22BrNO3. The third-order valence-corrected chi connectivity index (χ3v) is 5.02. The van der Waals surface area contributed by atoms with Crippen LogP contribution in [0.2, 0.25) is 0 Å². The summed E-state index contributed by atoms with van der Waals surface area (Å²) in [6.45, 7) is 0.726. The number of methoxy groups -OCH3 is 2. The minimum Gasteiger partial charge on any atom is -0.497 e. The van der Waals surface area contributed by atoms with Crippen molar-refractivity contribution >= 4 is 21.8 Å². The molecule has 0 radical (unpaired) electrons. The maximum absolute atomic E-state index is 12.3. The van der Waals surface area contributed by atoms with Crippen molar-refractivity contribution in [2.75, 3.05) is 26.1 Å². The molecule has 0 heterocycles. The number of amides is 1. The molecule has 1 fully saturated rings. The Morgan fingerprint density at radius 1 is 1.29 bits per heavy atom. The average Bonchev–Trinajstić information content (AvgIpc) is 2.99. The molecule has 2 atom stereocenters. The van der Waals surface area contributed by atoms with Gasteiger partial charge in [0.2, 0.25) is 0 Å². The van der Waals surface area contributed by atoms with Crippen molar-refractivity contribution < 1.29 is 14.3 Å². The van der Waals surface area contributed by atoms with E-state index >= 15 is 0 Å². The number of halogens is 1. The van der Waals surface area contributed by atoms with Crippen molar-refractivity contribution in [2.45, 2.75) is 19.3 Å². The highest BCUT2D eigenvalue weighted by molar-refractivity contribution is 9.09. The van der Waals surface area contributed by atoms with Gasteiger partial charge >= 0.3 is 0 Å². The zero-order valence-corrected chi connectivity index (χ0v) is 14.1. The number of hydrogen-bond acceptors (Lipinski definition) is 3. The molecule has 1 N–H and O–H groups in total. The fourth-order valence-electron chi connectivity index (χ4n) is 2.89. The van der Waals surface area contributed by atoms with E-state index in [1.54, 1.807) is 32.4 Å². The van der Waals surface area contributed by atoms with Gasteiger partial charge in [-0.3, -0.25) is 4.79 Å². The van der Waals surface area contributed by atoms with Gasteiger partial charge in [-0.25, -0.2) is 0 Å². The zero-order valence-electron chi connectivity index (χ0n) is 12.5. The van der Waals surface area contributed by atoms with Gasteiger partial charge in [0.05, 0.1) is 19.8 Å². The summed E-state index contributed by atoms with van der Waals surface area (Å²) in [6.07, 6.45) is 3.69. The summed E-state index contributed by atoms with van der Waals surface area (Å²) in [4.78, 5) is 12.3. The molecule has 0 bridgehead atoms. The van der Waals surface area contributed by atoms with E-state index in [2.05, 4.69) is 21.2 Å². The standard InChI is InChI=1S/C16H22BrNO3/c1-20-13-6-7-14(15(8-13)21-2)16(19)18-10-12-5-3-4-11(12)9-17/h6-8,11-12H,3-5,9-10H2,1-2H3,(H,18,19). The van der Waals surface area contributed by atoms with E-state index in [4.69, 9.17) is 9.47 Å². The SMILES string of the molecule is COc1ccc(C(=O)NCC2CCCC2CBr)c(OC)c1. The van der Waals surface area contributed by atoms with Crippen LogP contribution < -0.4 is 14.8 Å². The average molecular weight is 356 g/mol.